The molecule has 0 bridgehead atoms. The van der Waals surface area contributed by atoms with Crippen LogP contribution in [0.25, 0.3) is 0 Å². The van der Waals surface area contributed by atoms with Crippen molar-refractivity contribution in [1.82, 2.24) is 5.32 Å². The average Bonchev–Trinajstić information content (AvgIpc) is 2.61. The van der Waals surface area contributed by atoms with Gasteiger partial charge in [0.2, 0.25) is 5.91 Å². The second kappa shape index (κ2) is 8.58. The van der Waals surface area contributed by atoms with Crippen molar-refractivity contribution in [3.63, 3.8) is 0 Å². The van der Waals surface area contributed by atoms with Crippen molar-refractivity contribution in [3.8, 4) is 11.5 Å². The summed E-state index contributed by atoms with van der Waals surface area (Å²) < 4.78 is 10.3. The number of benzene rings is 2. The highest BCUT2D eigenvalue weighted by molar-refractivity contribution is 5.99. The molecule has 132 valence electrons. The number of amides is 3. The van der Waals surface area contributed by atoms with Crippen LogP contribution in [0.1, 0.15) is 6.92 Å². The lowest BCUT2D eigenvalue weighted by Crippen LogP contribution is -2.43. The minimum Gasteiger partial charge on any atom is -0.497 e. The van der Waals surface area contributed by atoms with Gasteiger partial charge in [0.25, 0.3) is 0 Å². The van der Waals surface area contributed by atoms with Gasteiger partial charge < -0.3 is 25.4 Å². The van der Waals surface area contributed by atoms with Gasteiger partial charge in [-0.3, -0.25) is 4.79 Å². The highest BCUT2D eigenvalue weighted by Crippen LogP contribution is 2.25. The van der Waals surface area contributed by atoms with Crippen LogP contribution < -0.4 is 25.4 Å². The lowest BCUT2D eigenvalue weighted by Gasteiger charge is -2.16. The van der Waals surface area contributed by atoms with Crippen LogP contribution in [0.4, 0.5) is 16.2 Å². The molecule has 0 radical (unpaired) electrons. The third-order valence-electron chi connectivity index (χ3n) is 3.39. The summed E-state index contributed by atoms with van der Waals surface area (Å²) in [5.74, 6) is 0.743. The number of anilines is 2. The smallest absolute Gasteiger partial charge is 0.319 e. The fourth-order valence-corrected chi connectivity index (χ4v) is 2.08. The van der Waals surface area contributed by atoms with Crippen molar-refractivity contribution < 1.29 is 19.1 Å². The normalized spacial score (nSPS) is 11.2. The van der Waals surface area contributed by atoms with E-state index in [4.69, 9.17) is 9.47 Å². The van der Waals surface area contributed by atoms with Gasteiger partial charge in [-0.25, -0.2) is 4.79 Å². The van der Waals surface area contributed by atoms with Gasteiger partial charge >= 0.3 is 6.03 Å². The number of hydrogen-bond acceptors (Lipinski definition) is 4. The number of hydrogen-bond donors (Lipinski definition) is 3. The molecule has 7 heteroatoms. The molecular formula is C18H21N3O4. The number of carbonyl (C=O) groups is 2. The average molecular weight is 343 g/mol. The lowest BCUT2D eigenvalue weighted by molar-refractivity contribution is -0.117. The lowest BCUT2D eigenvalue weighted by atomic mass is 10.2. The van der Waals surface area contributed by atoms with Gasteiger partial charge in [0, 0.05) is 29.6 Å². The van der Waals surface area contributed by atoms with Crippen molar-refractivity contribution in [2.24, 2.45) is 0 Å². The van der Waals surface area contributed by atoms with Crippen molar-refractivity contribution in [2.45, 2.75) is 13.0 Å². The molecule has 0 fully saturated rings. The molecule has 2 aromatic carbocycles. The van der Waals surface area contributed by atoms with Gasteiger partial charge in [0.05, 0.1) is 14.2 Å². The van der Waals surface area contributed by atoms with Crippen molar-refractivity contribution in [1.29, 1.82) is 0 Å². The number of urea groups is 1. The van der Waals surface area contributed by atoms with E-state index in [-0.39, 0.29) is 5.91 Å². The minimum atomic E-state index is -0.735. The van der Waals surface area contributed by atoms with E-state index in [1.54, 1.807) is 37.3 Å². The maximum absolute atomic E-state index is 12.3. The van der Waals surface area contributed by atoms with Crippen LogP contribution in [0, 0.1) is 0 Å². The summed E-state index contributed by atoms with van der Waals surface area (Å²) in [7, 11) is 3.05. The summed E-state index contributed by atoms with van der Waals surface area (Å²) in [6.45, 7) is 1.59. The van der Waals surface area contributed by atoms with Crippen LogP contribution in [0.15, 0.2) is 48.5 Å². The fourth-order valence-electron chi connectivity index (χ4n) is 2.08. The third-order valence-corrected chi connectivity index (χ3v) is 3.39. The number of para-hydroxylation sites is 1. The molecule has 2 rings (SSSR count). The molecule has 3 amide bonds. The Labute approximate surface area is 146 Å². The number of ether oxygens (including phenoxy) is 2. The van der Waals surface area contributed by atoms with Crippen LogP contribution in [0.5, 0.6) is 11.5 Å². The first-order valence-corrected chi connectivity index (χ1v) is 7.68. The maximum Gasteiger partial charge on any atom is 0.319 e. The van der Waals surface area contributed by atoms with E-state index in [1.807, 2.05) is 18.2 Å². The molecule has 0 aliphatic heterocycles. The first-order valence-electron chi connectivity index (χ1n) is 7.68. The zero-order valence-corrected chi connectivity index (χ0v) is 14.3. The van der Waals surface area contributed by atoms with Crippen LogP contribution in [0.2, 0.25) is 0 Å². The van der Waals surface area contributed by atoms with E-state index in [0.29, 0.717) is 22.9 Å². The van der Waals surface area contributed by atoms with Gasteiger partial charge in [-0.05, 0) is 19.1 Å². The summed E-state index contributed by atoms with van der Waals surface area (Å²) in [4.78, 5) is 24.2. The standard InChI is InChI=1S/C18H21N3O4/c1-12(19-18(23)21-13-7-5-4-6-8-13)17(22)20-14-9-15(24-2)11-16(10-14)25-3/h4-12H,1-3H3,(H,20,22)(H2,19,21,23)/t12-/m1/s1. The molecule has 3 N–H and O–H groups in total. The van der Waals surface area contributed by atoms with E-state index in [9.17, 15) is 9.59 Å². The predicted octanol–water partition coefficient (Wildman–Crippen LogP) is 2.85. The molecule has 1 atom stereocenters. The van der Waals surface area contributed by atoms with Crippen molar-refractivity contribution >= 4 is 23.3 Å². The third kappa shape index (κ3) is 5.42. The van der Waals surface area contributed by atoms with Crippen LogP contribution >= 0.6 is 0 Å². The molecule has 25 heavy (non-hydrogen) atoms. The molecule has 0 aliphatic carbocycles. The van der Waals surface area contributed by atoms with E-state index in [1.165, 1.54) is 14.2 Å². The molecule has 2 aromatic rings. The van der Waals surface area contributed by atoms with E-state index < -0.39 is 12.1 Å². The van der Waals surface area contributed by atoms with Gasteiger partial charge in [-0.1, -0.05) is 18.2 Å². The summed E-state index contributed by atoms with van der Waals surface area (Å²) in [6, 6.07) is 12.8. The van der Waals surface area contributed by atoms with Crippen LogP contribution in [0.3, 0.4) is 0 Å². The molecule has 0 aromatic heterocycles. The van der Waals surface area contributed by atoms with Crippen LogP contribution in [-0.2, 0) is 4.79 Å². The van der Waals surface area contributed by atoms with E-state index in [0.717, 1.165) is 0 Å². The van der Waals surface area contributed by atoms with E-state index in [2.05, 4.69) is 16.0 Å². The van der Waals surface area contributed by atoms with Gasteiger partial charge in [0.15, 0.2) is 0 Å². The number of nitrogens with one attached hydrogen (secondary N) is 3. The first kappa shape index (κ1) is 18.1. The molecule has 0 unspecified atom stereocenters. The predicted molar refractivity (Wildman–Crippen MR) is 96.2 cm³/mol. The second-order valence-corrected chi connectivity index (χ2v) is 5.28. The Kier molecular flexibility index (Phi) is 6.22. The molecule has 0 saturated heterocycles. The zero-order chi connectivity index (χ0) is 18.2. The first-order chi connectivity index (χ1) is 12.0. The van der Waals surface area contributed by atoms with Gasteiger partial charge in [-0.15, -0.1) is 0 Å². The van der Waals surface area contributed by atoms with E-state index >= 15 is 0 Å². The Balaban J connectivity index is 1.95. The molecule has 7 nitrogen and oxygen atoms in total. The molecule has 0 aliphatic rings. The Bertz CT molecular complexity index is 712. The topological polar surface area (TPSA) is 88.7 Å². The zero-order valence-electron chi connectivity index (χ0n) is 14.3. The summed E-state index contributed by atoms with van der Waals surface area (Å²) >= 11 is 0. The fraction of sp³-hybridized carbons (Fsp3) is 0.222. The monoisotopic (exact) mass is 343 g/mol. The van der Waals surface area contributed by atoms with Crippen LogP contribution in [-0.4, -0.2) is 32.2 Å². The molecule has 0 saturated carbocycles. The maximum atomic E-state index is 12.3. The Hall–Kier alpha value is -3.22. The number of carbonyl (C=O) groups excluding carboxylic acids is 2. The summed E-state index contributed by atoms with van der Waals surface area (Å²) in [6.07, 6.45) is 0. The SMILES string of the molecule is COc1cc(NC(=O)[C@@H](C)NC(=O)Nc2ccccc2)cc(OC)c1. The van der Waals surface area contributed by atoms with Crippen molar-refractivity contribution in [3.05, 3.63) is 48.5 Å². The number of rotatable bonds is 6. The Morgan fingerprint density at radius 1 is 0.880 bits per heavy atom. The summed E-state index contributed by atoms with van der Waals surface area (Å²) in [5.41, 5.74) is 1.16. The molecule has 0 spiro atoms. The summed E-state index contributed by atoms with van der Waals surface area (Å²) in [5, 5.41) is 7.96. The van der Waals surface area contributed by atoms with Gasteiger partial charge in [-0.2, -0.15) is 0 Å². The highest BCUT2D eigenvalue weighted by Gasteiger charge is 2.16. The largest absolute Gasteiger partial charge is 0.497 e. The van der Waals surface area contributed by atoms with Gasteiger partial charge in [0.1, 0.15) is 17.5 Å². The van der Waals surface area contributed by atoms with Crippen molar-refractivity contribution in [2.75, 3.05) is 24.9 Å². The molecular weight excluding hydrogens is 322 g/mol. The minimum absolute atomic E-state index is 0.362. The second-order valence-electron chi connectivity index (χ2n) is 5.28. The Morgan fingerprint density at radius 2 is 1.48 bits per heavy atom. The number of methoxy groups -OCH3 is 2. The quantitative estimate of drug-likeness (QED) is 0.752. The highest BCUT2D eigenvalue weighted by atomic mass is 16.5. The molecule has 0 heterocycles. The Morgan fingerprint density at radius 3 is 2.04 bits per heavy atom.